The van der Waals surface area contributed by atoms with E-state index in [1.807, 2.05) is 18.2 Å². The van der Waals surface area contributed by atoms with Gasteiger partial charge in [0.1, 0.15) is 5.75 Å². The van der Waals surface area contributed by atoms with Crippen LogP contribution in [0.15, 0.2) is 47.6 Å². The summed E-state index contributed by atoms with van der Waals surface area (Å²) in [5, 5.41) is 14.4. The van der Waals surface area contributed by atoms with Crippen molar-refractivity contribution in [1.82, 2.24) is 5.43 Å². The molecule has 5 heteroatoms. The van der Waals surface area contributed by atoms with Crippen LogP contribution in [-0.4, -0.2) is 16.7 Å². The molecule has 0 aliphatic heterocycles. The molecule has 2 aromatic rings. The van der Waals surface area contributed by atoms with Crippen LogP contribution in [0.4, 0.5) is 0 Å². The number of fused-ring (bicyclic) bond motifs is 1. The fraction of sp³-hybridized carbons (Fsp3) is 0.176. The van der Waals surface area contributed by atoms with Gasteiger partial charge >= 0.3 is 0 Å². The third-order valence-electron chi connectivity index (χ3n) is 3.68. The number of aryl methyl sites for hydroxylation is 1. The number of benzene rings is 2. The van der Waals surface area contributed by atoms with Gasteiger partial charge < -0.3 is 5.11 Å². The van der Waals surface area contributed by atoms with Crippen molar-refractivity contribution < 1.29 is 9.90 Å². The summed E-state index contributed by atoms with van der Waals surface area (Å²) in [5.74, 6) is -0.612. The standard InChI is InChI=1S/C17H15ClN2O2/c18-12-8-9-14(16(21)10-12)17(22)20-19-15-7-3-5-11-4-1-2-6-13(11)15/h1-2,4,6,8-10,21H,3,5,7H2,(H,20,22)/b19-15-. The second-order valence-corrected chi connectivity index (χ2v) is 5.61. The molecule has 2 N–H and O–H groups in total. The summed E-state index contributed by atoms with van der Waals surface area (Å²) in [5.41, 5.74) is 5.86. The fourth-order valence-electron chi connectivity index (χ4n) is 2.59. The molecule has 0 saturated heterocycles. The van der Waals surface area contributed by atoms with Gasteiger partial charge in [0.25, 0.3) is 5.91 Å². The molecule has 0 fully saturated rings. The van der Waals surface area contributed by atoms with Crippen LogP contribution in [0.25, 0.3) is 0 Å². The maximum absolute atomic E-state index is 12.1. The van der Waals surface area contributed by atoms with E-state index >= 15 is 0 Å². The SMILES string of the molecule is O=C(N/N=C1/CCCc2ccccc21)c1ccc(Cl)cc1O. The molecule has 0 spiro atoms. The van der Waals surface area contributed by atoms with Gasteiger partial charge in [-0.15, -0.1) is 0 Å². The number of hydrogen-bond donors (Lipinski definition) is 2. The highest BCUT2D eigenvalue weighted by Gasteiger charge is 2.16. The highest BCUT2D eigenvalue weighted by molar-refractivity contribution is 6.30. The summed E-state index contributed by atoms with van der Waals surface area (Å²) >= 11 is 5.76. The van der Waals surface area contributed by atoms with E-state index in [1.54, 1.807) is 6.07 Å². The molecule has 0 unspecified atom stereocenters. The lowest BCUT2D eigenvalue weighted by Crippen LogP contribution is -2.22. The Morgan fingerprint density at radius 3 is 2.82 bits per heavy atom. The first kappa shape index (κ1) is 14.6. The molecule has 1 aliphatic rings. The summed E-state index contributed by atoms with van der Waals surface area (Å²) in [7, 11) is 0. The molecule has 22 heavy (non-hydrogen) atoms. The Hall–Kier alpha value is -2.33. The van der Waals surface area contributed by atoms with Gasteiger partial charge in [0.2, 0.25) is 0 Å². The topological polar surface area (TPSA) is 61.7 Å². The predicted molar refractivity (Wildman–Crippen MR) is 86.5 cm³/mol. The van der Waals surface area contributed by atoms with Gasteiger partial charge in [-0.25, -0.2) is 5.43 Å². The molecule has 1 aliphatic carbocycles. The Labute approximate surface area is 133 Å². The van der Waals surface area contributed by atoms with Crippen LogP contribution in [0.2, 0.25) is 5.02 Å². The fourth-order valence-corrected chi connectivity index (χ4v) is 2.76. The number of hydrazone groups is 1. The van der Waals surface area contributed by atoms with Crippen LogP contribution in [-0.2, 0) is 6.42 Å². The van der Waals surface area contributed by atoms with Crippen molar-refractivity contribution in [2.45, 2.75) is 19.3 Å². The second kappa shape index (κ2) is 6.20. The molecule has 1 amide bonds. The molecule has 0 bridgehead atoms. The lowest BCUT2D eigenvalue weighted by molar-refractivity contribution is 0.0952. The molecule has 112 valence electrons. The van der Waals surface area contributed by atoms with E-state index in [4.69, 9.17) is 11.6 Å². The van der Waals surface area contributed by atoms with Crippen LogP contribution >= 0.6 is 11.6 Å². The number of amides is 1. The average molecular weight is 315 g/mol. The number of hydrogen-bond acceptors (Lipinski definition) is 3. The van der Waals surface area contributed by atoms with Crippen LogP contribution in [0.3, 0.4) is 0 Å². The smallest absolute Gasteiger partial charge is 0.275 e. The normalized spacial score (nSPS) is 15.4. The minimum atomic E-state index is -0.454. The van der Waals surface area contributed by atoms with E-state index in [0.717, 1.165) is 30.5 Å². The molecule has 0 aromatic heterocycles. The number of carbonyl (C=O) groups excluding carboxylic acids is 1. The molecule has 0 atom stereocenters. The number of halogens is 1. The van der Waals surface area contributed by atoms with Crippen LogP contribution in [0.5, 0.6) is 5.75 Å². The van der Waals surface area contributed by atoms with Crippen molar-refractivity contribution in [2.75, 3.05) is 0 Å². The van der Waals surface area contributed by atoms with E-state index in [0.29, 0.717) is 5.02 Å². The number of phenolic OH excluding ortho intramolecular Hbond substituents is 1. The quantitative estimate of drug-likeness (QED) is 0.833. The van der Waals surface area contributed by atoms with E-state index < -0.39 is 5.91 Å². The minimum Gasteiger partial charge on any atom is -0.507 e. The number of rotatable bonds is 2. The van der Waals surface area contributed by atoms with E-state index in [1.165, 1.54) is 17.7 Å². The van der Waals surface area contributed by atoms with Gasteiger partial charge in [0.05, 0.1) is 11.3 Å². The number of phenols is 1. The third kappa shape index (κ3) is 2.97. The lowest BCUT2D eigenvalue weighted by Gasteiger charge is -2.17. The molecule has 0 saturated carbocycles. The number of nitrogens with one attached hydrogen (secondary N) is 1. The monoisotopic (exact) mass is 314 g/mol. The second-order valence-electron chi connectivity index (χ2n) is 5.17. The van der Waals surface area contributed by atoms with Crippen molar-refractivity contribution in [3.8, 4) is 5.75 Å². The van der Waals surface area contributed by atoms with E-state index in [-0.39, 0.29) is 11.3 Å². The average Bonchev–Trinajstić information content (AvgIpc) is 2.52. The van der Waals surface area contributed by atoms with E-state index in [9.17, 15) is 9.90 Å². The molecular weight excluding hydrogens is 300 g/mol. The molecule has 3 rings (SSSR count). The van der Waals surface area contributed by atoms with Crippen molar-refractivity contribution >= 4 is 23.2 Å². The van der Waals surface area contributed by atoms with Gasteiger partial charge in [0, 0.05) is 10.6 Å². The summed E-state index contributed by atoms with van der Waals surface area (Å²) in [6.07, 6.45) is 2.86. The summed E-state index contributed by atoms with van der Waals surface area (Å²) < 4.78 is 0. The zero-order chi connectivity index (χ0) is 15.5. The molecular formula is C17H15ClN2O2. The van der Waals surface area contributed by atoms with Crippen molar-refractivity contribution in [2.24, 2.45) is 5.10 Å². The van der Waals surface area contributed by atoms with Crippen molar-refractivity contribution in [1.29, 1.82) is 0 Å². The zero-order valence-electron chi connectivity index (χ0n) is 11.8. The first-order chi connectivity index (χ1) is 10.6. The Morgan fingerprint density at radius 1 is 1.18 bits per heavy atom. The summed E-state index contributed by atoms with van der Waals surface area (Å²) in [4.78, 5) is 12.1. The predicted octanol–water partition coefficient (Wildman–Crippen LogP) is 3.52. The van der Waals surface area contributed by atoms with Crippen molar-refractivity contribution in [3.63, 3.8) is 0 Å². The van der Waals surface area contributed by atoms with Crippen LogP contribution in [0.1, 0.15) is 34.3 Å². The maximum atomic E-state index is 12.1. The molecule has 4 nitrogen and oxygen atoms in total. The van der Waals surface area contributed by atoms with E-state index in [2.05, 4.69) is 16.6 Å². The molecule has 0 heterocycles. The Bertz CT molecular complexity index is 756. The van der Waals surface area contributed by atoms with Crippen LogP contribution in [0, 0.1) is 0 Å². The number of carbonyl (C=O) groups is 1. The van der Waals surface area contributed by atoms with Gasteiger partial charge in [-0.05, 0) is 43.0 Å². The molecule has 2 aromatic carbocycles. The first-order valence-electron chi connectivity index (χ1n) is 7.09. The van der Waals surface area contributed by atoms with Crippen LogP contribution < -0.4 is 5.43 Å². The molecule has 0 radical (unpaired) electrons. The Morgan fingerprint density at radius 2 is 2.00 bits per heavy atom. The van der Waals surface area contributed by atoms with Crippen molar-refractivity contribution in [3.05, 3.63) is 64.2 Å². The van der Waals surface area contributed by atoms with Gasteiger partial charge in [0.15, 0.2) is 0 Å². The third-order valence-corrected chi connectivity index (χ3v) is 3.92. The van der Waals surface area contributed by atoms with Gasteiger partial charge in [-0.2, -0.15) is 5.10 Å². The lowest BCUT2D eigenvalue weighted by atomic mass is 9.90. The number of nitrogens with zero attached hydrogens (tertiary/aromatic N) is 1. The number of aromatic hydroxyl groups is 1. The highest BCUT2D eigenvalue weighted by Crippen LogP contribution is 2.23. The zero-order valence-corrected chi connectivity index (χ0v) is 12.6. The first-order valence-corrected chi connectivity index (χ1v) is 7.46. The largest absolute Gasteiger partial charge is 0.507 e. The Kier molecular flexibility index (Phi) is 4.11. The minimum absolute atomic E-state index is 0.151. The van der Waals surface area contributed by atoms with Gasteiger partial charge in [-0.1, -0.05) is 35.9 Å². The maximum Gasteiger partial charge on any atom is 0.275 e. The van der Waals surface area contributed by atoms with Gasteiger partial charge in [-0.3, -0.25) is 4.79 Å². The Balaban J connectivity index is 1.81. The summed E-state index contributed by atoms with van der Waals surface area (Å²) in [6.45, 7) is 0. The summed E-state index contributed by atoms with van der Waals surface area (Å²) in [6, 6.07) is 12.4. The highest BCUT2D eigenvalue weighted by atomic mass is 35.5.